The van der Waals surface area contributed by atoms with Gasteiger partial charge in [0.25, 0.3) is 0 Å². The average Bonchev–Trinajstić information content (AvgIpc) is 2.25. The predicted octanol–water partition coefficient (Wildman–Crippen LogP) is 2.36. The zero-order valence-electron chi connectivity index (χ0n) is 12.0. The fourth-order valence-corrected chi connectivity index (χ4v) is 3.15. The van der Waals surface area contributed by atoms with Gasteiger partial charge in [-0.1, -0.05) is 26.8 Å². The van der Waals surface area contributed by atoms with Crippen LogP contribution in [-0.4, -0.2) is 27.1 Å². The van der Waals surface area contributed by atoms with Crippen molar-refractivity contribution in [1.29, 1.82) is 0 Å². The van der Waals surface area contributed by atoms with Gasteiger partial charge in [-0.2, -0.15) is 0 Å². The summed E-state index contributed by atoms with van der Waals surface area (Å²) >= 11 is 0. The van der Waals surface area contributed by atoms with Gasteiger partial charge < -0.3 is 4.74 Å². The van der Waals surface area contributed by atoms with Crippen molar-refractivity contribution in [3.8, 4) is 5.75 Å². The lowest BCUT2D eigenvalue weighted by atomic mass is 9.87. The third-order valence-electron chi connectivity index (χ3n) is 2.76. The van der Waals surface area contributed by atoms with Crippen molar-refractivity contribution < 1.29 is 17.9 Å². The maximum absolute atomic E-state index is 12.1. The van der Waals surface area contributed by atoms with Crippen molar-refractivity contribution in [2.75, 3.05) is 12.9 Å². The molecule has 1 aromatic carbocycles. The third-order valence-corrected chi connectivity index (χ3v) is 4.55. The summed E-state index contributed by atoms with van der Waals surface area (Å²) < 4.78 is 29.3. The monoisotopic (exact) mass is 284 g/mol. The number of benzene rings is 1. The molecule has 4 nitrogen and oxygen atoms in total. The molecule has 0 bridgehead atoms. The first-order valence-corrected chi connectivity index (χ1v) is 7.64. The molecule has 0 heterocycles. The lowest BCUT2D eigenvalue weighted by Crippen LogP contribution is -2.16. The van der Waals surface area contributed by atoms with E-state index in [9.17, 15) is 13.2 Å². The minimum atomic E-state index is -3.64. The topological polar surface area (TPSA) is 60.4 Å². The summed E-state index contributed by atoms with van der Waals surface area (Å²) in [5.74, 6) is -0.603. The van der Waals surface area contributed by atoms with Crippen LogP contribution in [0.4, 0.5) is 0 Å². The lowest BCUT2D eigenvalue weighted by Gasteiger charge is -2.20. The molecular weight excluding hydrogens is 264 g/mol. The molecule has 0 atom stereocenters. The van der Waals surface area contributed by atoms with Crippen LogP contribution in [0.5, 0.6) is 5.75 Å². The molecule has 0 saturated carbocycles. The molecule has 0 unspecified atom stereocenters. The van der Waals surface area contributed by atoms with Gasteiger partial charge in [-0.25, -0.2) is 8.42 Å². The highest BCUT2D eigenvalue weighted by molar-refractivity contribution is 7.92. The summed E-state index contributed by atoms with van der Waals surface area (Å²) in [6, 6.07) is 4.99. The lowest BCUT2D eigenvalue weighted by molar-refractivity contribution is -0.114. The van der Waals surface area contributed by atoms with Gasteiger partial charge in [0.2, 0.25) is 0 Å². The first-order valence-electron chi connectivity index (χ1n) is 5.98. The molecule has 0 amide bonds. The number of carbonyl (C=O) groups is 1. The summed E-state index contributed by atoms with van der Waals surface area (Å²) in [6.45, 7) is 7.36. The molecule has 0 spiro atoms. The van der Waals surface area contributed by atoms with Crippen LogP contribution in [0.15, 0.2) is 23.1 Å². The number of Topliss-reactive ketones (excluding diaryl/α,β-unsaturated/α-hetero) is 1. The van der Waals surface area contributed by atoms with Gasteiger partial charge in [-0.3, -0.25) is 4.79 Å². The Morgan fingerprint density at radius 1 is 1.26 bits per heavy atom. The Kier molecular flexibility index (Phi) is 4.40. The molecule has 0 aliphatic heterocycles. The number of sulfone groups is 1. The van der Waals surface area contributed by atoms with Crippen molar-refractivity contribution in [3.63, 3.8) is 0 Å². The summed E-state index contributed by atoms with van der Waals surface area (Å²) in [6.07, 6.45) is 0. The third kappa shape index (κ3) is 3.80. The molecule has 0 aromatic heterocycles. The highest BCUT2D eigenvalue weighted by Crippen LogP contribution is 2.31. The maximum atomic E-state index is 12.1. The molecule has 0 N–H and O–H groups in total. The highest BCUT2D eigenvalue weighted by atomic mass is 32.2. The van der Waals surface area contributed by atoms with Crippen molar-refractivity contribution in [2.24, 2.45) is 0 Å². The molecule has 0 aliphatic carbocycles. The van der Waals surface area contributed by atoms with E-state index in [1.54, 1.807) is 12.1 Å². The molecule has 1 rings (SSSR count). The van der Waals surface area contributed by atoms with Crippen molar-refractivity contribution in [3.05, 3.63) is 23.8 Å². The van der Waals surface area contributed by atoms with Gasteiger partial charge in [-0.15, -0.1) is 0 Å². The highest BCUT2D eigenvalue weighted by Gasteiger charge is 2.24. The minimum absolute atomic E-state index is 0.0678. The Morgan fingerprint density at radius 3 is 2.26 bits per heavy atom. The van der Waals surface area contributed by atoms with Gasteiger partial charge in [-0.05, 0) is 30.0 Å². The number of hydrogen-bond acceptors (Lipinski definition) is 4. The van der Waals surface area contributed by atoms with E-state index >= 15 is 0 Å². The smallest absolute Gasteiger partial charge is 0.189 e. The zero-order valence-corrected chi connectivity index (χ0v) is 12.8. The average molecular weight is 284 g/mol. The molecule has 0 fully saturated rings. The van der Waals surface area contributed by atoms with E-state index in [1.807, 2.05) is 20.8 Å². The van der Waals surface area contributed by atoms with Crippen LogP contribution in [0.1, 0.15) is 33.3 Å². The van der Waals surface area contributed by atoms with Crippen molar-refractivity contribution >= 4 is 15.6 Å². The molecule has 0 saturated heterocycles. The molecule has 0 aliphatic rings. The van der Waals surface area contributed by atoms with Gasteiger partial charge in [0, 0.05) is 0 Å². The fourth-order valence-electron chi connectivity index (χ4n) is 1.74. The number of ether oxygens (including phenoxy) is 1. The Labute approximate surface area is 114 Å². The van der Waals surface area contributed by atoms with Crippen LogP contribution < -0.4 is 4.74 Å². The summed E-state index contributed by atoms with van der Waals surface area (Å²) in [5, 5.41) is 0. The van der Waals surface area contributed by atoms with E-state index in [4.69, 9.17) is 4.74 Å². The zero-order chi connectivity index (χ0) is 14.8. The molecular formula is C14H20O4S. The number of hydrogen-bond donors (Lipinski definition) is 0. The Balaban J connectivity index is 3.35. The van der Waals surface area contributed by atoms with Crippen LogP contribution >= 0.6 is 0 Å². The standard InChI is InChI=1S/C14H20O4S/c1-10(15)9-19(16,17)13-7-6-11(14(2,3)4)8-12(13)18-5/h6-8H,9H2,1-5H3. The van der Waals surface area contributed by atoms with Crippen LogP contribution in [0.2, 0.25) is 0 Å². The Bertz CT molecular complexity index is 580. The predicted molar refractivity (Wildman–Crippen MR) is 74.4 cm³/mol. The van der Waals surface area contributed by atoms with Gasteiger partial charge in [0.05, 0.1) is 7.11 Å². The van der Waals surface area contributed by atoms with Crippen LogP contribution in [0, 0.1) is 0 Å². The quantitative estimate of drug-likeness (QED) is 0.851. The Hall–Kier alpha value is -1.36. The summed E-state index contributed by atoms with van der Waals surface area (Å²) in [7, 11) is -2.21. The molecule has 0 radical (unpaired) electrons. The van der Waals surface area contributed by atoms with Crippen LogP contribution in [0.25, 0.3) is 0 Å². The second-order valence-corrected chi connectivity index (χ2v) is 7.53. The number of ketones is 1. The Morgan fingerprint density at radius 2 is 1.84 bits per heavy atom. The summed E-state index contributed by atoms with van der Waals surface area (Å²) in [5.41, 5.74) is 0.877. The molecule has 106 valence electrons. The molecule has 19 heavy (non-hydrogen) atoms. The van der Waals surface area contributed by atoms with Crippen LogP contribution in [-0.2, 0) is 20.0 Å². The van der Waals surface area contributed by atoms with Crippen molar-refractivity contribution in [2.45, 2.75) is 38.0 Å². The van der Waals surface area contributed by atoms with E-state index < -0.39 is 15.6 Å². The van der Waals surface area contributed by atoms with Gasteiger partial charge in [0.1, 0.15) is 22.2 Å². The van der Waals surface area contributed by atoms with Gasteiger partial charge >= 0.3 is 0 Å². The molecule has 5 heteroatoms. The number of rotatable bonds is 4. The number of carbonyl (C=O) groups excluding carboxylic acids is 1. The van der Waals surface area contributed by atoms with E-state index in [0.29, 0.717) is 0 Å². The van der Waals surface area contributed by atoms with E-state index in [-0.39, 0.29) is 21.8 Å². The first-order chi connectivity index (χ1) is 8.58. The van der Waals surface area contributed by atoms with E-state index in [0.717, 1.165) is 5.56 Å². The summed E-state index contributed by atoms with van der Waals surface area (Å²) in [4.78, 5) is 11.1. The SMILES string of the molecule is COc1cc(C(C)(C)C)ccc1S(=O)(=O)CC(C)=O. The first kappa shape index (κ1) is 15.7. The molecule has 1 aromatic rings. The van der Waals surface area contributed by atoms with Gasteiger partial charge in [0.15, 0.2) is 9.84 Å². The van der Waals surface area contributed by atoms with E-state index in [1.165, 1.54) is 20.1 Å². The van der Waals surface area contributed by atoms with Crippen molar-refractivity contribution in [1.82, 2.24) is 0 Å². The second kappa shape index (κ2) is 5.33. The van der Waals surface area contributed by atoms with Crippen LogP contribution in [0.3, 0.4) is 0 Å². The largest absolute Gasteiger partial charge is 0.495 e. The van der Waals surface area contributed by atoms with E-state index in [2.05, 4.69) is 0 Å². The maximum Gasteiger partial charge on any atom is 0.189 e. The normalized spacial score (nSPS) is 12.3. The second-order valence-electron chi connectivity index (χ2n) is 5.58. The minimum Gasteiger partial charge on any atom is -0.495 e. The fraction of sp³-hybridized carbons (Fsp3) is 0.500. The number of methoxy groups -OCH3 is 1.